The standard InChI is InChI=1S/C23H23ClN4O4S/c1-30-16-9-13-8-14-12-32-22(29)20(14)21(15(13)10-17(16)31-2)28-6-4-27(5-7-28)19-11-18(24)25-23(26-19)33-3/h8-11H,4-7,12H2,1-3H3. The molecule has 0 N–H and O–H groups in total. The second-order valence-electron chi connectivity index (χ2n) is 7.77. The average Bonchev–Trinajstić information content (AvgIpc) is 3.21. The lowest BCUT2D eigenvalue weighted by Gasteiger charge is -2.38. The summed E-state index contributed by atoms with van der Waals surface area (Å²) in [6.07, 6.45) is 1.93. The maximum Gasteiger partial charge on any atom is 0.341 e. The molecule has 172 valence electrons. The summed E-state index contributed by atoms with van der Waals surface area (Å²) in [6.45, 7) is 3.17. The van der Waals surface area contributed by atoms with Gasteiger partial charge in [-0.2, -0.15) is 0 Å². The Morgan fingerprint density at radius 3 is 2.39 bits per heavy atom. The topological polar surface area (TPSA) is 77.0 Å². The van der Waals surface area contributed by atoms with Gasteiger partial charge < -0.3 is 24.0 Å². The van der Waals surface area contributed by atoms with Gasteiger partial charge >= 0.3 is 5.97 Å². The molecular weight excluding hydrogens is 464 g/mol. The van der Waals surface area contributed by atoms with Gasteiger partial charge in [0.1, 0.15) is 17.6 Å². The Morgan fingerprint density at radius 1 is 1.00 bits per heavy atom. The number of piperazine rings is 1. The minimum absolute atomic E-state index is 0.280. The number of hydrogen-bond acceptors (Lipinski definition) is 9. The Bertz CT molecular complexity index is 1250. The van der Waals surface area contributed by atoms with Crippen molar-refractivity contribution in [1.29, 1.82) is 0 Å². The Labute approximate surface area is 200 Å². The molecule has 5 rings (SSSR count). The van der Waals surface area contributed by atoms with Crippen LogP contribution in [-0.2, 0) is 11.3 Å². The molecule has 2 aromatic carbocycles. The summed E-state index contributed by atoms with van der Waals surface area (Å²) < 4.78 is 16.4. The minimum atomic E-state index is -0.286. The van der Waals surface area contributed by atoms with Crippen LogP contribution >= 0.6 is 23.4 Å². The van der Waals surface area contributed by atoms with Crippen LogP contribution in [0.1, 0.15) is 15.9 Å². The van der Waals surface area contributed by atoms with Gasteiger partial charge in [0.15, 0.2) is 16.7 Å². The Kier molecular flexibility index (Phi) is 5.84. The lowest BCUT2D eigenvalue weighted by molar-refractivity contribution is 0.0535. The van der Waals surface area contributed by atoms with Gasteiger partial charge in [0.2, 0.25) is 0 Å². The molecule has 2 aliphatic heterocycles. The molecule has 0 spiro atoms. The monoisotopic (exact) mass is 486 g/mol. The number of carbonyl (C=O) groups is 1. The maximum absolute atomic E-state index is 12.7. The number of benzene rings is 2. The third kappa shape index (κ3) is 3.89. The van der Waals surface area contributed by atoms with Crippen LogP contribution in [0, 0.1) is 0 Å². The highest BCUT2D eigenvalue weighted by Gasteiger charge is 2.32. The van der Waals surface area contributed by atoms with E-state index in [4.69, 9.17) is 25.8 Å². The summed E-state index contributed by atoms with van der Waals surface area (Å²) in [5, 5.41) is 3.00. The lowest BCUT2D eigenvalue weighted by atomic mass is 9.97. The molecule has 0 unspecified atom stereocenters. The number of anilines is 2. The number of nitrogens with zero attached hydrogens (tertiary/aromatic N) is 4. The van der Waals surface area contributed by atoms with Crippen LogP contribution in [-0.4, -0.2) is 62.6 Å². The molecule has 3 aromatic rings. The van der Waals surface area contributed by atoms with Gasteiger partial charge in [-0.1, -0.05) is 23.4 Å². The highest BCUT2D eigenvalue weighted by Crippen LogP contribution is 2.42. The summed E-state index contributed by atoms with van der Waals surface area (Å²) in [5.41, 5.74) is 2.42. The number of esters is 1. The smallest absolute Gasteiger partial charge is 0.341 e. The molecule has 33 heavy (non-hydrogen) atoms. The number of fused-ring (bicyclic) bond motifs is 2. The zero-order valence-corrected chi connectivity index (χ0v) is 20.1. The number of halogens is 1. The van der Waals surface area contributed by atoms with Crippen molar-refractivity contribution in [3.05, 3.63) is 40.5 Å². The van der Waals surface area contributed by atoms with Crippen LogP contribution in [0.3, 0.4) is 0 Å². The highest BCUT2D eigenvalue weighted by molar-refractivity contribution is 7.98. The van der Waals surface area contributed by atoms with Crippen LogP contribution in [0.4, 0.5) is 11.5 Å². The molecule has 0 bridgehead atoms. The largest absolute Gasteiger partial charge is 0.493 e. The number of cyclic esters (lactones) is 1. The number of ether oxygens (including phenoxy) is 3. The van der Waals surface area contributed by atoms with E-state index in [0.29, 0.717) is 40.5 Å². The molecule has 2 aliphatic rings. The van der Waals surface area contributed by atoms with Crippen molar-refractivity contribution in [2.75, 3.05) is 56.5 Å². The second kappa shape index (κ2) is 8.79. The quantitative estimate of drug-likeness (QED) is 0.230. The molecule has 10 heteroatoms. The van der Waals surface area contributed by atoms with Gasteiger partial charge in [0, 0.05) is 43.2 Å². The number of methoxy groups -OCH3 is 2. The predicted octanol–water partition coefficient (Wildman–Crippen LogP) is 4.02. The molecule has 1 aromatic heterocycles. The fourth-order valence-corrected chi connectivity index (χ4v) is 5.05. The van der Waals surface area contributed by atoms with E-state index in [1.54, 1.807) is 20.3 Å². The zero-order chi connectivity index (χ0) is 23.1. The normalized spacial score (nSPS) is 15.6. The van der Waals surface area contributed by atoms with E-state index in [2.05, 4.69) is 19.8 Å². The molecule has 0 saturated carbocycles. The van der Waals surface area contributed by atoms with Crippen molar-refractivity contribution in [2.24, 2.45) is 0 Å². The van der Waals surface area contributed by atoms with E-state index in [1.165, 1.54) is 11.8 Å². The number of aromatic nitrogens is 2. The molecule has 1 fully saturated rings. The number of carbonyl (C=O) groups excluding carboxylic acids is 1. The van der Waals surface area contributed by atoms with Crippen molar-refractivity contribution in [2.45, 2.75) is 11.8 Å². The van der Waals surface area contributed by atoms with Crippen LogP contribution < -0.4 is 19.3 Å². The van der Waals surface area contributed by atoms with Crippen molar-refractivity contribution in [1.82, 2.24) is 9.97 Å². The highest BCUT2D eigenvalue weighted by atomic mass is 35.5. The van der Waals surface area contributed by atoms with Crippen molar-refractivity contribution >= 4 is 51.6 Å². The molecule has 8 nitrogen and oxygen atoms in total. The van der Waals surface area contributed by atoms with Crippen molar-refractivity contribution < 1.29 is 19.0 Å². The summed E-state index contributed by atoms with van der Waals surface area (Å²) in [7, 11) is 3.23. The molecule has 0 radical (unpaired) electrons. The third-order valence-electron chi connectivity index (χ3n) is 6.02. The van der Waals surface area contributed by atoms with E-state index in [1.807, 2.05) is 24.5 Å². The van der Waals surface area contributed by atoms with Crippen LogP contribution in [0.25, 0.3) is 10.8 Å². The van der Waals surface area contributed by atoms with Gasteiger partial charge in [0.25, 0.3) is 0 Å². The first-order chi connectivity index (χ1) is 16.0. The van der Waals surface area contributed by atoms with Gasteiger partial charge in [-0.15, -0.1) is 0 Å². The lowest BCUT2D eigenvalue weighted by Crippen LogP contribution is -2.47. The first-order valence-electron chi connectivity index (χ1n) is 10.5. The zero-order valence-electron chi connectivity index (χ0n) is 18.6. The van der Waals surface area contributed by atoms with Gasteiger partial charge in [0.05, 0.1) is 25.5 Å². The third-order valence-corrected chi connectivity index (χ3v) is 6.77. The van der Waals surface area contributed by atoms with E-state index in [0.717, 1.165) is 40.9 Å². The van der Waals surface area contributed by atoms with Crippen molar-refractivity contribution in [3.8, 4) is 11.5 Å². The van der Waals surface area contributed by atoms with E-state index >= 15 is 0 Å². The molecule has 1 saturated heterocycles. The Balaban J connectivity index is 1.53. The van der Waals surface area contributed by atoms with Gasteiger partial charge in [-0.25, -0.2) is 14.8 Å². The van der Waals surface area contributed by atoms with Crippen LogP contribution in [0.2, 0.25) is 5.15 Å². The van der Waals surface area contributed by atoms with Crippen LogP contribution in [0.15, 0.2) is 29.4 Å². The first kappa shape index (κ1) is 21.9. The van der Waals surface area contributed by atoms with Crippen LogP contribution in [0.5, 0.6) is 11.5 Å². The predicted molar refractivity (Wildman–Crippen MR) is 129 cm³/mol. The Morgan fingerprint density at radius 2 is 1.70 bits per heavy atom. The van der Waals surface area contributed by atoms with E-state index in [9.17, 15) is 4.79 Å². The number of hydrogen-bond donors (Lipinski definition) is 0. The summed E-state index contributed by atoms with van der Waals surface area (Å²) in [6, 6.07) is 7.69. The number of rotatable bonds is 5. The van der Waals surface area contributed by atoms with Gasteiger partial charge in [-0.05, 0) is 29.8 Å². The average molecular weight is 487 g/mol. The van der Waals surface area contributed by atoms with E-state index < -0.39 is 0 Å². The minimum Gasteiger partial charge on any atom is -0.493 e. The molecule has 0 atom stereocenters. The SMILES string of the molecule is COc1cc2cc3c(c(N4CCN(c5cc(Cl)nc(SC)n5)CC4)c2cc1OC)C(=O)OC3. The summed E-state index contributed by atoms with van der Waals surface area (Å²) in [5.74, 6) is 1.80. The number of thioether (sulfide) groups is 1. The molecule has 0 aliphatic carbocycles. The molecular formula is C23H23ClN4O4S. The van der Waals surface area contributed by atoms with Gasteiger partial charge in [-0.3, -0.25) is 0 Å². The Hall–Kier alpha value is -2.91. The van der Waals surface area contributed by atoms with E-state index in [-0.39, 0.29) is 12.6 Å². The summed E-state index contributed by atoms with van der Waals surface area (Å²) in [4.78, 5) is 26.0. The second-order valence-corrected chi connectivity index (χ2v) is 8.93. The first-order valence-corrected chi connectivity index (χ1v) is 12.1. The fourth-order valence-electron chi connectivity index (χ4n) is 4.45. The fraction of sp³-hybridized carbons (Fsp3) is 0.348. The van der Waals surface area contributed by atoms with Crippen molar-refractivity contribution in [3.63, 3.8) is 0 Å². The molecule has 3 heterocycles. The maximum atomic E-state index is 12.7. The summed E-state index contributed by atoms with van der Waals surface area (Å²) >= 11 is 7.66. The molecule has 0 amide bonds.